The Morgan fingerprint density at radius 3 is 2.48 bits per heavy atom. The predicted molar refractivity (Wildman–Crippen MR) is 95.1 cm³/mol. The number of hydrogen-bond donors (Lipinski definition) is 2. The van der Waals surface area contributed by atoms with Crippen molar-refractivity contribution >= 4 is 36.4 Å². The molecule has 1 heterocycles. The molecule has 0 aliphatic rings. The van der Waals surface area contributed by atoms with Crippen molar-refractivity contribution in [3.8, 4) is 0 Å². The third kappa shape index (κ3) is 6.19. The van der Waals surface area contributed by atoms with E-state index in [0.717, 1.165) is 12.1 Å². The van der Waals surface area contributed by atoms with Gasteiger partial charge in [-0.05, 0) is 42.3 Å². The first-order chi connectivity index (χ1) is 10.8. The Morgan fingerprint density at radius 2 is 1.96 bits per heavy atom. The van der Waals surface area contributed by atoms with Crippen molar-refractivity contribution in [1.29, 1.82) is 0 Å². The summed E-state index contributed by atoms with van der Waals surface area (Å²) in [6, 6.07) is 6.72. The zero-order valence-electron chi connectivity index (χ0n) is 13.2. The lowest BCUT2D eigenvalue weighted by Crippen LogP contribution is -2.20. The molecule has 0 saturated heterocycles. The van der Waals surface area contributed by atoms with Gasteiger partial charge in [0.1, 0.15) is 0 Å². The first kappa shape index (κ1) is 23.2. The fraction of sp³-hybridized carbons (Fsp3) is 0.250. The second-order valence-electron chi connectivity index (χ2n) is 5.12. The van der Waals surface area contributed by atoms with E-state index in [1.165, 1.54) is 6.07 Å². The standard InChI is InChI=1S/C16H16F3N3O.2ClH/c1-10(12-3-2-4-21-9-12)15(23)22-14-6-11(8-20)5-13(7-14)16(17,18)19;;/h2-7,9-10H,8,20H2,1H3,(H,22,23);2*1H. The van der Waals surface area contributed by atoms with Crippen LogP contribution in [0, 0.1) is 0 Å². The summed E-state index contributed by atoms with van der Waals surface area (Å²) >= 11 is 0. The molecule has 0 aliphatic carbocycles. The molecule has 1 unspecified atom stereocenters. The number of nitrogens with zero attached hydrogens (tertiary/aromatic N) is 1. The molecule has 0 bridgehead atoms. The summed E-state index contributed by atoms with van der Waals surface area (Å²) in [5.41, 5.74) is 5.62. The molecular formula is C16H18Cl2F3N3O. The van der Waals surface area contributed by atoms with Gasteiger partial charge in [0.05, 0.1) is 11.5 Å². The molecule has 1 aromatic carbocycles. The quantitative estimate of drug-likeness (QED) is 0.816. The highest BCUT2D eigenvalue weighted by Gasteiger charge is 2.31. The summed E-state index contributed by atoms with van der Waals surface area (Å²) in [7, 11) is 0. The molecule has 0 fully saturated rings. The Kier molecular flexibility index (Phi) is 8.90. The highest BCUT2D eigenvalue weighted by molar-refractivity contribution is 5.95. The SMILES string of the molecule is CC(C(=O)Nc1cc(CN)cc(C(F)(F)F)c1)c1cccnc1.Cl.Cl. The third-order valence-electron chi connectivity index (χ3n) is 3.40. The van der Waals surface area contributed by atoms with E-state index in [0.29, 0.717) is 11.1 Å². The maximum Gasteiger partial charge on any atom is 0.416 e. The number of carbonyl (C=O) groups is 1. The number of anilines is 1. The molecule has 3 N–H and O–H groups in total. The normalized spacial score (nSPS) is 11.7. The van der Waals surface area contributed by atoms with Crippen molar-refractivity contribution in [2.75, 3.05) is 5.32 Å². The van der Waals surface area contributed by atoms with E-state index < -0.39 is 23.6 Å². The second-order valence-corrected chi connectivity index (χ2v) is 5.12. The summed E-state index contributed by atoms with van der Waals surface area (Å²) in [5, 5.41) is 2.51. The van der Waals surface area contributed by atoms with Crippen molar-refractivity contribution in [2.24, 2.45) is 5.73 Å². The van der Waals surface area contributed by atoms with E-state index in [1.54, 1.807) is 31.5 Å². The van der Waals surface area contributed by atoms with Gasteiger partial charge in [-0.15, -0.1) is 24.8 Å². The van der Waals surface area contributed by atoms with E-state index in [2.05, 4.69) is 10.3 Å². The number of carbonyl (C=O) groups excluding carboxylic acids is 1. The number of alkyl halides is 3. The maximum absolute atomic E-state index is 12.9. The Hall–Kier alpha value is -1.83. The lowest BCUT2D eigenvalue weighted by atomic mass is 10.0. The van der Waals surface area contributed by atoms with E-state index in [1.807, 2.05) is 0 Å². The van der Waals surface area contributed by atoms with Gasteiger partial charge in [0, 0.05) is 24.6 Å². The Morgan fingerprint density at radius 1 is 1.28 bits per heavy atom. The van der Waals surface area contributed by atoms with Crippen LogP contribution < -0.4 is 11.1 Å². The van der Waals surface area contributed by atoms with Gasteiger partial charge in [-0.3, -0.25) is 9.78 Å². The van der Waals surface area contributed by atoms with Crippen LogP contribution in [0.15, 0.2) is 42.7 Å². The molecule has 1 amide bonds. The predicted octanol–water partition coefficient (Wildman–Crippen LogP) is 4.14. The molecule has 2 rings (SSSR count). The number of halogens is 5. The van der Waals surface area contributed by atoms with Crippen molar-refractivity contribution in [1.82, 2.24) is 4.98 Å². The molecule has 9 heteroatoms. The summed E-state index contributed by atoms with van der Waals surface area (Å²) in [6.45, 7) is 1.61. The topological polar surface area (TPSA) is 68.0 Å². The van der Waals surface area contributed by atoms with Crippen molar-refractivity contribution in [3.05, 3.63) is 59.4 Å². The number of aromatic nitrogens is 1. The molecule has 0 saturated carbocycles. The van der Waals surface area contributed by atoms with Gasteiger partial charge in [-0.25, -0.2) is 0 Å². The third-order valence-corrected chi connectivity index (χ3v) is 3.40. The van der Waals surface area contributed by atoms with Crippen LogP contribution in [-0.2, 0) is 17.5 Å². The van der Waals surface area contributed by atoms with Gasteiger partial charge in [-0.2, -0.15) is 13.2 Å². The number of nitrogens with two attached hydrogens (primary N) is 1. The first-order valence-corrected chi connectivity index (χ1v) is 6.93. The minimum Gasteiger partial charge on any atom is -0.326 e. The lowest BCUT2D eigenvalue weighted by Gasteiger charge is -2.15. The van der Waals surface area contributed by atoms with Gasteiger partial charge >= 0.3 is 6.18 Å². The van der Waals surface area contributed by atoms with Crippen LogP contribution in [-0.4, -0.2) is 10.9 Å². The molecular weight excluding hydrogens is 378 g/mol. The Balaban J connectivity index is 0.00000288. The van der Waals surface area contributed by atoms with Gasteiger partial charge in [-0.1, -0.05) is 6.07 Å². The molecule has 0 aliphatic heterocycles. The molecule has 1 atom stereocenters. The zero-order valence-corrected chi connectivity index (χ0v) is 14.8. The summed E-state index contributed by atoms with van der Waals surface area (Å²) in [6.07, 6.45) is -1.38. The lowest BCUT2D eigenvalue weighted by molar-refractivity contribution is -0.137. The van der Waals surface area contributed by atoms with Crippen molar-refractivity contribution in [3.63, 3.8) is 0 Å². The van der Waals surface area contributed by atoms with Crippen molar-refractivity contribution < 1.29 is 18.0 Å². The van der Waals surface area contributed by atoms with E-state index in [4.69, 9.17) is 5.73 Å². The van der Waals surface area contributed by atoms with Crippen molar-refractivity contribution in [2.45, 2.75) is 25.6 Å². The van der Waals surface area contributed by atoms with Gasteiger partial charge in [0.2, 0.25) is 5.91 Å². The first-order valence-electron chi connectivity index (χ1n) is 6.93. The highest BCUT2D eigenvalue weighted by Crippen LogP contribution is 2.32. The van der Waals surface area contributed by atoms with Gasteiger partial charge in [0.25, 0.3) is 0 Å². The minimum absolute atomic E-state index is 0. The number of nitrogens with one attached hydrogen (secondary N) is 1. The van der Waals surface area contributed by atoms with Crippen LogP contribution in [0.25, 0.3) is 0 Å². The van der Waals surface area contributed by atoms with E-state index in [9.17, 15) is 18.0 Å². The van der Waals surface area contributed by atoms with Crippen LogP contribution in [0.5, 0.6) is 0 Å². The average molecular weight is 396 g/mol. The molecule has 2 aromatic rings. The molecule has 0 spiro atoms. The monoisotopic (exact) mass is 395 g/mol. The molecule has 25 heavy (non-hydrogen) atoms. The summed E-state index contributed by atoms with van der Waals surface area (Å²) in [5.74, 6) is -0.958. The van der Waals surface area contributed by atoms with Crippen LogP contribution in [0.3, 0.4) is 0 Å². The van der Waals surface area contributed by atoms with Crippen LogP contribution in [0.1, 0.15) is 29.5 Å². The summed E-state index contributed by atoms with van der Waals surface area (Å²) in [4.78, 5) is 16.1. The van der Waals surface area contributed by atoms with Gasteiger partial charge < -0.3 is 11.1 Å². The largest absolute Gasteiger partial charge is 0.416 e. The van der Waals surface area contributed by atoms with Crippen LogP contribution in [0.4, 0.5) is 18.9 Å². The van der Waals surface area contributed by atoms with Gasteiger partial charge in [0.15, 0.2) is 0 Å². The smallest absolute Gasteiger partial charge is 0.326 e. The number of hydrogen-bond acceptors (Lipinski definition) is 3. The van der Waals surface area contributed by atoms with Crippen LogP contribution >= 0.6 is 24.8 Å². The van der Waals surface area contributed by atoms with E-state index in [-0.39, 0.29) is 37.0 Å². The van der Waals surface area contributed by atoms with E-state index >= 15 is 0 Å². The highest BCUT2D eigenvalue weighted by atomic mass is 35.5. The van der Waals surface area contributed by atoms with Crippen LogP contribution in [0.2, 0.25) is 0 Å². The second kappa shape index (κ2) is 9.60. The number of amides is 1. The molecule has 138 valence electrons. The minimum atomic E-state index is -4.50. The molecule has 4 nitrogen and oxygen atoms in total. The fourth-order valence-corrected chi connectivity index (χ4v) is 2.08. The molecule has 0 radical (unpaired) electrons. The number of pyridine rings is 1. The maximum atomic E-state index is 12.9. The Labute approximate surface area is 155 Å². The molecule has 1 aromatic heterocycles. The fourth-order valence-electron chi connectivity index (χ4n) is 2.08. The average Bonchev–Trinajstić information content (AvgIpc) is 2.53. The summed E-state index contributed by atoms with van der Waals surface area (Å²) < 4.78 is 38.7. The number of benzene rings is 1. The zero-order chi connectivity index (χ0) is 17.0. The number of rotatable bonds is 4. The Bertz CT molecular complexity index is 697.